The number of nitrogens with zero attached hydrogens (tertiary/aromatic N) is 3. The summed E-state index contributed by atoms with van der Waals surface area (Å²) < 4.78 is 14.5. The molecule has 1 atom stereocenters. The summed E-state index contributed by atoms with van der Waals surface area (Å²) in [7, 11) is 2.15. The summed E-state index contributed by atoms with van der Waals surface area (Å²) in [6.45, 7) is 8.81. The Morgan fingerprint density at radius 2 is 1.83 bits per heavy atom. The van der Waals surface area contributed by atoms with Gasteiger partial charge in [0, 0.05) is 69.5 Å². The minimum absolute atomic E-state index is 0.0224. The Morgan fingerprint density at radius 1 is 1.13 bits per heavy atom. The van der Waals surface area contributed by atoms with Gasteiger partial charge in [-0.25, -0.2) is 4.39 Å². The number of benzene rings is 1. The van der Waals surface area contributed by atoms with Gasteiger partial charge in [-0.05, 0) is 19.2 Å². The zero-order valence-electron chi connectivity index (χ0n) is 13.8. The number of nitrogens with one attached hydrogen (secondary N) is 1. The zero-order valence-corrected chi connectivity index (χ0v) is 14.5. The number of rotatable bonds is 4. The lowest BCUT2D eigenvalue weighted by atomic mass is 10.0. The van der Waals surface area contributed by atoms with E-state index in [0.717, 1.165) is 58.9 Å². The summed E-state index contributed by atoms with van der Waals surface area (Å²) in [6.07, 6.45) is 0. The Balaban J connectivity index is 1.81. The topological polar surface area (TPSA) is 21.8 Å². The molecule has 0 aromatic heterocycles. The average molecular weight is 341 g/mol. The Hall–Kier alpha value is -0.720. The van der Waals surface area contributed by atoms with Crippen LogP contribution in [0, 0.1) is 5.82 Å². The van der Waals surface area contributed by atoms with E-state index in [2.05, 4.69) is 27.1 Å². The molecule has 6 heteroatoms. The molecule has 2 aliphatic heterocycles. The Bertz CT molecular complexity index is 493. The predicted molar refractivity (Wildman–Crippen MR) is 92.5 cm³/mol. The number of piperazine rings is 2. The van der Waals surface area contributed by atoms with Crippen LogP contribution in [0.4, 0.5) is 4.39 Å². The molecule has 3 rings (SSSR count). The lowest BCUT2D eigenvalue weighted by Gasteiger charge is -2.40. The van der Waals surface area contributed by atoms with E-state index in [1.54, 1.807) is 12.1 Å². The third kappa shape index (κ3) is 4.22. The van der Waals surface area contributed by atoms with Crippen molar-refractivity contribution in [2.75, 3.05) is 66.0 Å². The molecule has 1 unspecified atom stereocenters. The van der Waals surface area contributed by atoms with Gasteiger partial charge in [0.25, 0.3) is 0 Å². The molecule has 1 N–H and O–H groups in total. The van der Waals surface area contributed by atoms with Crippen LogP contribution in [0.15, 0.2) is 18.2 Å². The normalized spacial score (nSPS) is 23.1. The maximum Gasteiger partial charge on any atom is 0.129 e. The van der Waals surface area contributed by atoms with E-state index in [1.165, 1.54) is 6.07 Å². The van der Waals surface area contributed by atoms with Crippen molar-refractivity contribution < 1.29 is 4.39 Å². The van der Waals surface area contributed by atoms with Crippen molar-refractivity contribution in [3.63, 3.8) is 0 Å². The van der Waals surface area contributed by atoms with E-state index >= 15 is 0 Å². The van der Waals surface area contributed by atoms with Crippen LogP contribution in [0.25, 0.3) is 0 Å². The van der Waals surface area contributed by atoms with Gasteiger partial charge < -0.3 is 10.2 Å². The van der Waals surface area contributed by atoms with Gasteiger partial charge >= 0.3 is 0 Å². The molecule has 23 heavy (non-hydrogen) atoms. The fourth-order valence-corrected chi connectivity index (χ4v) is 3.78. The van der Waals surface area contributed by atoms with Gasteiger partial charge in [-0.15, -0.1) is 0 Å². The van der Waals surface area contributed by atoms with Crippen LogP contribution in [-0.4, -0.2) is 80.7 Å². The maximum absolute atomic E-state index is 14.5. The van der Waals surface area contributed by atoms with Crippen molar-refractivity contribution in [3.8, 4) is 0 Å². The molecule has 0 saturated carbocycles. The van der Waals surface area contributed by atoms with E-state index in [9.17, 15) is 4.39 Å². The van der Waals surface area contributed by atoms with Crippen LogP contribution in [0.1, 0.15) is 11.6 Å². The second kappa shape index (κ2) is 7.90. The Morgan fingerprint density at radius 3 is 2.48 bits per heavy atom. The standard InChI is InChI=1S/C17H26ClFN4/c1-21-9-11-22(12-10-21)13-16(23-7-5-20-6-8-23)17-14(18)3-2-4-15(17)19/h2-4,16,20H,5-13H2,1H3. The van der Waals surface area contributed by atoms with Crippen LogP contribution >= 0.6 is 11.6 Å². The second-order valence-corrected chi connectivity index (χ2v) is 6.95. The predicted octanol–water partition coefficient (Wildman–Crippen LogP) is 1.67. The fraction of sp³-hybridized carbons (Fsp3) is 0.647. The van der Waals surface area contributed by atoms with Gasteiger partial charge in [0.05, 0.1) is 6.04 Å². The molecule has 1 aromatic carbocycles. The van der Waals surface area contributed by atoms with Crippen LogP contribution < -0.4 is 5.32 Å². The van der Waals surface area contributed by atoms with E-state index in [1.807, 2.05) is 0 Å². The minimum atomic E-state index is -0.185. The summed E-state index contributed by atoms with van der Waals surface area (Å²) in [5, 5.41) is 3.92. The summed E-state index contributed by atoms with van der Waals surface area (Å²) in [5.41, 5.74) is 0.662. The summed E-state index contributed by atoms with van der Waals surface area (Å²) in [5.74, 6) is -0.185. The summed E-state index contributed by atoms with van der Waals surface area (Å²) in [4.78, 5) is 7.15. The smallest absolute Gasteiger partial charge is 0.129 e. The molecule has 0 radical (unpaired) electrons. The van der Waals surface area contributed by atoms with Gasteiger partial charge in [0.1, 0.15) is 5.82 Å². The third-order valence-electron chi connectivity index (χ3n) is 4.95. The molecule has 2 heterocycles. The molecule has 0 bridgehead atoms. The van der Waals surface area contributed by atoms with Gasteiger partial charge in [0.2, 0.25) is 0 Å². The second-order valence-electron chi connectivity index (χ2n) is 6.54. The molecular formula is C17H26ClFN4. The van der Waals surface area contributed by atoms with Crippen LogP contribution in [0.2, 0.25) is 5.02 Å². The van der Waals surface area contributed by atoms with Crippen molar-refractivity contribution in [1.82, 2.24) is 20.0 Å². The van der Waals surface area contributed by atoms with Gasteiger partial charge in [0.15, 0.2) is 0 Å². The number of halogens is 2. The molecule has 0 aliphatic carbocycles. The van der Waals surface area contributed by atoms with Gasteiger partial charge in [-0.2, -0.15) is 0 Å². The van der Waals surface area contributed by atoms with Crippen LogP contribution in [-0.2, 0) is 0 Å². The summed E-state index contributed by atoms with van der Waals surface area (Å²) >= 11 is 6.38. The van der Waals surface area contributed by atoms with Crippen molar-refractivity contribution >= 4 is 11.6 Å². The van der Waals surface area contributed by atoms with E-state index < -0.39 is 0 Å². The third-order valence-corrected chi connectivity index (χ3v) is 5.28. The highest BCUT2D eigenvalue weighted by atomic mass is 35.5. The largest absolute Gasteiger partial charge is 0.314 e. The van der Waals surface area contributed by atoms with Crippen molar-refractivity contribution in [3.05, 3.63) is 34.6 Å². The Kier molecular flexibility index (Phi) is 5.88. The SMILES string of the molecule is CN1CCN(CC(c2c(F)cccc2Cl)N2CCNCC2)CC1. The first-order chi connectivity index (χ1) is 11.1. The highest BCUT2D eigenvalue weighted by Gasteiger charge is 2.29. The quantitative estimate of drug-likeness (QED) is 0.900. The molecule has 1 aromatic rings. The number of hydrogen-bond donors (Lipinski definition) is 1. The highest BCUT2D eigenvalue weighted by molar-refractivity contribution is 6.31. The first kappa shape index (κ1) is 17.1. The zero-order chi connectivity index (χ0) is 16.2. The number of hydrogen-bond acceptors (Lipinski definition) is 4. The van der Waals surface area contributed by atoms with E-state index in [4.69, 9.17) is 11.6 Å². The van der Waals surface area contributed by atoms with E-state index in [-0.39, 0.29) is 11.9 Å². The average Bonchev–Trinajstić information content (AvgIpc) is 2.56. The minimum Gasteiger partial charge on any atom is -0.314 e. The Labute approximate surface area is 143 Å². The first-order valence-electron chi connectivity index (χ1n) is 8.45. The van der Waals surface area contributed by atoms with Crippen LogP contribution in [0.5, 0.6) is 0 Å². The highest BCUT2D eigenvalue weighted by Crippen LogP contribution is 2.31. The van der Waals surface area contributed by atoms with E-state index in [0.29, 0.717) is 10.6 Å². The molecule has 0 amide bonds. The van der Waals surface area contributed by atoms with Crippen molar-refractivity contribution in [2.24, 2.45) is 0 Å². The molecule has 2 aliphatic rings. The lowest BCUT2D eigenvalue weighted by Crippen LogP contribution is -2.51. The molecule has 128 valence electrons. The van der Waals surface area contributed by atoms with Crippen molar-refractivity contribution in [1.29, 1.82) is 0 Å². The first-order valence-corrected chi connectivity index (χ1v) is 8.82. The maximum atomic E-state index is 14.5. The number of likely N-dealkylation sites (N-methyl/N-ethyl adjacent to an activating group) is 1. The monoisotopic (exact) mass is 340 g/mol. The summed E-state index contributed by atoms with van der Waals surface area (Å²) in [6, 6.07) is 5.04. The fourth-order valence-electron chi connectivity index (χ4n) is 3.49. The van der Waals surface area contributed by atoms with Crippen molar-refractivity contribution in [2.45, 2.75) is 6.04 Å². The lowest BCUT2D eigenvalue weighted by molar-refractivity contribution is 0.0908. The van der Waals surface area contributed by atoms with Crippen LogP contribution in [0.3, 0.4) is 0 Å². The molecule has 0 spiro atoms. The molecule has 4 nitrogen and oxygen atoms in total. The van der Waals surface area contributed by atoms with Gasteiger partial charge in [-0.1, -0.05) is 17.7 Å². The molecule has 2 saturated heterocycles. The molecular weight excluding hydrogens is 315 g/mol. The molecule has 2 fully saturated rings. The van der Waals surface area contributed by atoms with Gasteiger partial charge in [-0.3, -0.25) is 9.80 Å².